The van der Waals surface area contributed by atoms with Crippen molar-refractivity contribution in [3.8, 4) is 17.2 Å². The van der Waals surface area contributed by atoms with Crippen LogP contribution in [0.3, 0.4) is 0 Å². The molecule has 0 spiro atoms. The van der Waals surface area contributed by atoms with Gasteiger partial charge < -0.3 is 19.3 Å². The van der Waals surface area contributed by atoms with Gasteiger partial charge in [-0.3, -0.25) is 14.9 Å². The average molecular weight is 440 g/mol. The molecule has 0 unspecified atom stereocenters. The lowest BCUT2D eigenvalue weighted by molar-refractivity contribution is -0.139. The molecule has 1 aliphatic heterocycles. The van der Waals surface area contributed by atoms with E-state index in [0.29, 0.717) is 17.9 Å². The van der Waals surface area contributed by atoms with Crippen LogP contribution in [0.1, 0.15) is 12.5 Å². The number of carbonyl (C=O) groups is 4. The number of barbiturate groups is 1. The second-order valence-corrected chi connectivity index (χ2v) is 6.48. The largest absolute Gasteiger partial charge is 0.494 e. The predicted molar refractivity (Wildman–Crippen MR) is 113 cm³/mol. The van der Waals surface area contributed by atoms with Crippen molar-refractivity contribution in [2.24, 2.45) is 0 Å². The molecule has 0 atom stereocenters. The van der Waals surface area contributed by atoms with Gasteiger partial charge in [-0.1, -0.05) is 6.07 Å². The van der Waals surface area contributed by atoms with Crippen molar-refractivity contribution in [1.82, 2.24) is 5.32 Å². The lowest BCUT2D eigenvalue weighted by atomic mass is 10.1. The zero-order valence-corrected chi connectivity index (χ0v) is 17.3. The quantitative estimate of drug-likeness (QED) is 0.472. The molecule has 1 fully saturated rings. The molecule has 32 heavy (non-hydrogen) atoms. The van der Waals surface area contributed by atoms with E-state index in [-0.39, 0.29) is 22.8 Å². The van der Waals surface area contributed by atoms with Crippen molar-refractivity contribution >= 4 is 35.6 Å². The normalized spacial score (nSPS) is 14.9. The van der Waals surface area contributed by atoms with Gasteiger partial charge in [0.15, 0.2) is 18.1 Å². The van der Waals surface area contributed by atoms with Crippen LogP contribution < -0.4 is 24.4 Å². The molecule has 2 aromatic carbocycles. The van der Waals surface area contributed by atoms with E-state index in [1.54, 1.807) is 12.1 Å². The molecule has 0 bridgehead atoms. The molecular formula is C22H20N2O8. The van der Waals surface area contributed by atoms with E-state index >= 15 is 0 Å². The highest BCUT2D eigenvalue weighted by Crippen LogP contribution is 2.30. The number of urea groups is 1. The maximum atomic E-state index is 13.0. The number of amides is 4. The summed E-state index contributed by atoms with van der Waals surface area (Å²) >= 11 is 0. The topological polar surface area (TPSA) is 131 Å². The molecule has 2 aromatic rings. The predicted octanol–water partition coefficient (Wildman–Crippen LogP) is 2.22. The van der Waals surface area contributed by atoms with Gasteiger partial charge in [0.05, 0.1) is 19.4 Å². The Bertz CT molecular complexity index is 1090. The highest BCUT2D eigenvalue weighted by Gasteiger charge is 2.36. The lowest BCUT2D eigenvalue weighted by Gasteiger charge is -2.26. The van der Waals surface area contributed by atoms with E-state index in [1.165, 1.54) is 43.5 Å². The van der Waals surface area contributed by atoms with Crippen LogP contribution >= 0.6 is 0 Å². The van der Waals surface area contributed by atoms with Gasteiger partial charge in [0.1, 0.15) is 11.3 Å². The summed E-state index contributed by atoms with van der Waals surface area (Å²) < 4.78 is 15.7. The number of aliphatic carboxylic acids is 1. The van der Waals surface area contributed by atoms with Crippen molar-refractivity contribution in [3.05, 3.63) is 53.6 Å². The third-order valence-electron chi connectivity index (χ3n) is 4.36. The summed E-state index contributed by atoms with van der Waals surface area (Å²) in [5, 5.41) is 10.9. The number of imide groups is 2. The van der Waals surface area contributed by atoms with Gasteiger partial charge in [0.2, 0.25) is 0 Å². The summed E-state index contributed by atoms with van der Waals surface area (Å²) in [6.07, 6.45) is 1.30. The molecule has 0 aliphatic carbocycles. The Balaban J connectivity index is 1.90. The summed E-state index contributed by atoms with van der Waals surface area (Å²) in [6, 6.07) is 9.87. The van der Waals surface area contributed by atoms with Crippen LogP contribution in [0.25, 0.3) is 6.08 Å². The first-order valence-corrected chi connectivity index (χ1v) is 9.51. The van der Waals surface area contributed by atoms with Crippen LogP contribution in [0.15, 0.2) is 48.0 Å². The first kappa shape index (κ1) is 22.3. The molecule has 3 rings (SSSR count). The summed E-state index contributed by atoms with van der Waals surface area (Å²) in [6.45, 7) is 1.74. The fraction of sp³-hybridized carbons (Fsp3) is 0.182. The standard InChI is InChI=1S/C22H20N2O8/c1-3-31-15-7-5-14(6-8-15)24-21(28)16(20(27)23-22(24)29)10-13-4-9-17(18(11-13)30-2)32-12-19(25)26/h4-11H,3,12H2,1-2H3,(H,25,26)(H,23,27,29)/b16-10+. The summed E-state index contributed by atoms with van der Waals surface area (Å²) in [5.41, 5.74) is 0.410. The van der Waals surface area contributed by atoms with E-state index in [1.807, 2.05) is 6.92 Å². The van der Waals surface area contributed by atoms with Gasteiger partial charge in [-0.15, -0.1) is 0 Å². The fourth-order valence-corrected chi connectivity index (χ4v) is 2.95. The third-order valence-corrected chi connectivity index (χ3v) is 4.36. The summed E-state index contributed by atoms with van der Waals surface area (Å²) in [4.78, 5) is 49.2. The average Bonchev–Trinajstić information content (AvgIpc) is 2.76. The molecule has 0 aromatic heterocycles. The number of anilines is 1. The second-order valence-electron chi connectivity index (χ2n) is 6.48. The number of nitrogens with zero attached hydrogens (tertiary/aromatic N) is 1. The third kappa shape index (κ3) is 4.86. The minimum absolute atomic E-state index is 0.183. The number of methoxy groups -OCH3 is 1. The summed E-state index contributed by atoms with van der Waals surface area (Å²) in [7, 11) is 1.37. The van der Waals surface area contributed by atoms with E-state index in [4.69, 9.17) is 19.3 Å². The van der Waals surface area contributed by atoms with E-state index in [0.717, 1.165) is 4.90 Å². The minimum atomic E-state index is -1.15. The maximum Gasteiger partial charge on any atom is 0.341 e. The molecule has 2 N–H and O–H groups in total. The van der Waals surface area contributed by atoms with E-state index < -0.39 is 30.4 Å². The van der Waals surface area contributed by atoms with Gasteiger partial charge in [-0.05, 0) is 55.0 Å². The van der Waals surface area contributed by atoms with Crippen LogP contribution in [0.4, 0.5) is 10.5 Å². The number of carboxylic acid groups (broad SMARTS) is 1. The molecule has 166 valence electrons. The zero-order chi connectivity index (χ0) is 23.3. The van der Waals surface area contributed by atoms with Crippen molar-refractivity contribution in [3.63, 3.8) is 0 Å². The van der Waals surface area contributed by atoms with Crippen molar-refractivity contribution < 1.29 is 38.5 Å². The highest BCUT2D eigenvalue weighted by atomic mass is 16.5. The van der Waals surface area contributed by atoms with Crippen molar-refractivity contribution in [1.29, 1.82) is 0 Å². The van der Waals surface area contributed by atoms with Crippen molar-refractivity contribution in [2.75, 3.05) is 25.2 Å². The number of rotatable bonds is 8. The Hall–Kier alpha value is -4.34. The Morgan fingerprint density at radius 3 is 2.41 bits per heavy atom. The molecule has 10 heteroatoms. The minimum Gasteiger partial charge on any atom is -0.494 e. The first-order valence-electron chi connectivity index (χ1n) is 9.51. The lowest BCUT2D eigenvalue weighted by Crippen LogP contribution is -2.54. The SMILES string of the molecule is CCOc1ccc(N2C(=O)NC(=O)/C(=C\c3ccc(OCC(=O)O)c(OC)c3)C2=O)cc1. The van der Waals surface area contributed by atoms with Gasteiger partial charge in [0.25, 0.3) is 11.8 Å². The Morgan fingerprint density at radius 1 is 1.06 bits per heavy atom. The van der Waals surface area contributed by atoms with Crippen LogP contribution in [0.5, 0.6) is 17.2 Å². The van der Waals surface area contributed by atoms with Crippen LogP contribution in [-0.2, 0) is 14.4 Å². The summed E-state index contributed by atoms with van der Waals surface area (Å²) in [5.74, 6) is -1.82. The smallest absolute Gasteiger partial charge is 0.341 e. The molecule has 1 aliphatic rings. The molecule has 0 saturated carbocycles. The van der Waals surface area contributed by atoms with Gasteiger partial charge in [-0.2, -0.15) is 0 Å². The number of carboxylic acids is 1. The van der Waals surface area contributed by atoms with Gasteiger partial charge >= 0.3 is 12.0 Å². The molecule has 4 amide bonds. The number of benzene rings is 2. The number of hydrogen-bond acceptors (Lipinski definition) is 7. The molecular weight excluding hydrogens is 420 g/mol. The van der Waals surface area contributed by atoms with E-state index in [9.17, 15) is 19.2 Å². The first-order chi connectivity index (χ1) is 15.3. The van der Waals surface area contributed by atoms with E-state index in [2.05, 4.69) is 5.32 Å². The Kier molecular flexibility index (Phi) is 6.74. The number of hydrogen-bond donors (Lipinski definition) is 2. The number of ether oxygens (including phenoxy) is 3. The monoisotopic (exact) mass is 440 g/mol. The maximum absolute atomic E-state index is 13.0. The molecule has 1 saturated heterocycles. The number of carbonyl (C=O) groups excluding carboxylic acids is 3. The zero-order valence-electron chi connectivity index (χ0n) is 17.3. The molecule has 10 nitrogen and oxygen atoms in total. The van der Waals surface area contributed by atoms with Gasteiger partial charge in [-0.25, -0.2) is 14.5 Å². The van der Waals surface area contributed by atoms with Crippen molar-refractivity contribution in [2.45, 2.75) is 6.92 Å². The Morgan fingerprint density at radius 2 is 1.78 bits per heavy atom. The molecule has 0 radical (unpaired) electrons. The van der Waals surface area contributed by atoms with Crippen LogP contribution in [0, 0.1) is 0 Å². The number of nitrogens with one attached hydrogen (secondary N) is 1. The molecule has 1 heterocycles. The van der Waals surface area contributed by atoms with Gasteiger partial charge in [0, 0.05) is 0 Å². The van der Waals surface area contributed by atoms with Crippen LogP contribution in [-0.4, -0.2) is 49.2 Å². The second kappa shape index (κ2) is 9.65. The Labute approximate surface area is 183 Å². The fourth-order valence-electron chi connectivity index (χ4n) is 2.95. The highest BCUT2D eigenvalue weighted by molar-refractivity contribution is 6.39. The van der Waals surface area contributed by atoms with Crippen LogP contribution in [0.2, 0.25) is 0 Å².